The van der Waals surface area contributed by atoms with E-state index in [2.05, 4.69) is 15.3 Å². The van der Waals surface area contributed by atoms with Crippen molar-refractivity contribution in [3.8, 4) is 11.5 Å². The molecule has 0 atom stereocenters. The standard InChI is InChI=1S/C25H25ClN4O4/c1-17-3-6-20(7-4-17)34-22-8-5-19(26)15-21(22)29-23(31)16-33-24(32)18-9-13-30(14-10-18)25-27-11-2-12-28-25/h2-8,11-12,15,18H,9-10,13-14,16H2,1H3,(H,29,31). The van der Waals surface area contributed by atoms with Crippen molar-refractivity contribution in [2.24, 2.45) is 5.92 Å². The van der Waals surface area contributed by atoms with Gasteiger partial charge in [0, 0.05) is 30.5 Å². The number of nitrogens with one attached hydrogen (secondary N) is 1. The number of piperidine rings is 1. The van der Waals surface area contributed by atoms with Crippen molar-refractivity contribution in [3.05, 3.63) is 71.5 Å². The summed E-state index contributed by atoms with van der Waals surface area (Å²) < 4.78 is 11.2. The topological polar surface area (TPSA) is 93.6 Å². The summed E-state index contributed by atoms with van der Waals surface area (Å²) in [6, 6.07) is 14.2. The highest BCUT2D eigenvalue weighted by atomic mass is 35.5. The normalized spacial score (nSPS) is 13.9. The van der Waals surface area contributed by atoms with Crippen LogP contribution in [0.4, 0.5) is 11.6 Å². The van der Waals surface area contributed by atoms with Crippen molar-refractivity contribution in [1.29, 1.82) is 0 Å². The lowest BCUT2D eigenvalue weighted by Gasteiger charge is -2.30. The van der Waals surface area contributed by atoms with Crippen molar-refractivity contribution in [1.82, 2.24) is 9.97 Å². The van der Waals surface area contributed by atoms with Gasteiger partial charge in [0.15, 0.2) is 12.4 Å². The molecule has 176 valence electrons. The molecule has 8 nitrogen and oxygen atoms in total. The van der Waals surface area contributed by atoms with Crippen molar-refractivity contribution >= 4 is 35.1 Å². The van der Waals surface area contributed by atoms with Gasteiger partial charge in [0.05, 0.1) is 11.6 Å². The Hall–Kier alpha value is -3.65. The highest BCUT2D eigenvalue weighted by Gasteiger charge is 2.27. The van der Waals surface area contributed by atoms with Crippen LogP contribution in [0.15, 0.2) is 60.9 Å². The van der Waals surface area contributed by atoms with Gasteiger partial charge in [0.25, 0.3) is 5.91 Å². The van der Waals surface area contributed by atoms with Gasteiger partial charge in [-0.2, -0.15) is 0 Å². The largest absolute Gasteiger partial charge is 0.455 e. The number of nitrogens with zero attached hydrogens (tertiary/aromatic N) is 3. The SMILES string of the molecule is Cc1ccc(Oc2ccc(Cl)cc2NC(=O)COC(=O)C2CCN(c3ncccn3)CC2)cc1. The molecule has 1 aliphatic heterocycles. The summed E-state index contributed by atoms with van der Waals surface area (Å²) in [5, 5.41) is 3.16. The molecule has 1 N–H and O–H groups in total. The van der Waals surface area contributed by atoms with Crippen molar-refractivity contribution in [3.63, 3.8) is 0 Å². The Morgan fingerprint density at radius 3 is 2.50 bits per heavy atom. The molecule has 1 amide bonds. The lowest BCUT2D eigenvalue weighted by Crippen LogP contribution is -2.38. The van der Waals surface area contributed by atoms with Gasteiger partial charge in [-0.3, -0.25) is 9.59 Å². The Morgan fingerprint density at radius 2 is 1.79 bits per heavy atom. The van der Waals surface area contributed by atoms with Gasteiger partial charge in [-0.25, -0.2) is 9.97 Å². The molecule has 2 aromatic carbocycles. The summed E-state index contributed by atoms with van der Waals surface area (Å²) >= 11 is 6.10. The van der Waals surface area contributed by atoms with Crippen molar-refractivity contribution in [2.45, 2.75) is 19.8 Å². The van der Waals surface area contributed by atoms with Crippen LogP contribution in [0.2, 0.25) is 5.02 Å². The number of halogens is 1. The van der Waals surface area contributed by atoms with Crippen LogP contribution in [0.3, 0.4) is 0 Å². The molecule has 2 heterocycles. The molecular formula is C25H25ClN4O4. The average Bonchev–Trinajstić information content (AvgIpc) is 2.86. The number of anilines is 2. The van der Waals surface area contributed by atoms with Crippen LogP contribution in [0.1, 0.15) is 18.4 Å². The molecule has 0 saturated carbocycles. The summed E-state index contributed by atoms with van der Waals surface area (Å²) in [6.07, 6.45) is 4.61. The third-order valence-corrected chi connectivity index (χ3v) is 5.71. The van der Waals surface area contributed by atoms with Gasteiger partial charge in [0.1, 0.15) is 5.75 Å². The number of hydrogen-bond donors (Lipinski definition) is 1. The number of hydrogen-bond acceptors (Lipinski definition) is 7. The molecule has 9 heteroatoms. The number of esters is 1. The maximum atomic E-state index is 12.5. The molecular weight excluding hydrogens is 456 g/mol. The minimum atomic E-state index is -0.473. The number of aryl methyl sites for hydroxylation is 1. The minimum Gasteiger partial charge on any atom is -0.455 e. The summed E-state index contributed by atoms with van der Waals surface area (Å²) in [5.74, 6) is 0.592. The van der Waals surface area contributed by atoms with Gasteiger partial charge in [-0.1, -0.05) is 29.3 Å². The van der Waals surface area contributed by atoms with E-state index in [0.29, 0.717) is 54.1 Å². The van der Waals surface area contributed by atoms with Gasteiger partial charge in [-0.15, -0.1) is 0 Å². The Morgan fingerprint density at radius 1 is 1.09 bits per heavy atom. The number of carbonyl (C=O) groups excluding carboxylic acids is 2. The fraction of sp³-hybridized carbons (Fsp3) is 0.280. The predicted molar refractivity (Wildman–Crippen MR) is 129 cm³/mol. The third kappa shape index (κ3) is 6.23. The second kappa shape index (κ2) is 11.0. The Bertz CT molecular complexity index is 1130. The van der Waals surface area contributed by atoms with Crippen LogP contribution < -0.4 is 15.0 Å². The molecule has 4 rings (SSSR count). The van der Waals surface area contributed by atoms with Gasteiger partial charge >= 0.3 is 5.97 Å². The Labute approximate surface area is 202 Å². The van der Waals surface area contributed by atoms with Crippen LogP contribution in [0.5, 0.6) is 11.5 Å². The fourth-order valence-electron chi connectivity index (χ4n) is 3.63. The van der Waals surface area contributed by atoms with Gasteiger partial charge in [0.2, 0.25) is 5.95 Å². The zero-order valence-electron chi connectivity index (χ0n) is 18.7. The maximum absolute atomic E-state index is 12.5. The molecule has 0 spiro atoms. The molecule has 0 bridgehead atoms. The first-order valence-electron chi connectivity index (χ1n) is 11.0. The maximum Gasteiger partial charge on any atom is 0.309 e. The quantitative estimate of drug-likeness (QED) is 0.493. The van der Waals surface area contributed by atoms with E-state index < -0.39 is 12.5 Å². The molecule has 1 saturated heterocycles. The Balaban J connectivity index is 1.29. The number of ether oxygens (including phenoxy) is 2. The smallest absolute Gasteiger partial charge is 0.309 e. The number of benzene rings is 2. The molecule has 0 aliphatic carbocycles. The van der Waals surface area contributed by atoms with Crippen molar-refractivity contribution < 1.29 is 19.1 Å². The van der Waals surface area contributed by atoms with Crippen LogP contribution >= 0.6 is 11.6 Å². The first kappa shape index (κ1) is 23.5. The molecule has 1 aromatic heterocycles. The molecule has 1 aliphatic rings. The molecule has 1 fully saturated rings. The summed E-state index contributed by atoms with van der Waals surface area (Å²) in [5.41, 5.74) is 1.50. The van der Waals surface area contributed by atoms with Gasteiger partial charge < -0.3 is 19.7 Å². The molecule has 0 radical (unpaired) electrons. The minimum absolute atomic E-state index is 0.264. The van der Waals surface area contributed by atoms with E-state index in [1.54, 1.807) is 36.7 Å². The highest BCUT2D eigenvalue weighted by Crippen LogP contribution is 2.32. The number of rotatable bonds is 7. The van der Waals surface area contributed by atoms with Crippen LogP contribution in [0.25, 0.3) is 0 Å². The summed E-state index contributed by atoms with van der Waals surface area (Å²) in [7, 11) is 0. The fourth-order valence-corrected chi connectivity index (χ4v) is 3.80. The second-order valence-electron chi connectivity index (χ2n) is 8.02. The van der Waals surface area contributed by atoms with E-state index in [0.717, 1.165) is 5.56 Å². The average molecular weight is 481 g/mol. The molecule has 34 heavy (non-hydrogen) atoms. The Kier molecular flexibility index (Phi) is 7.59. The van der Waals surface area contributed by atoms with E-state index in [-0.39, 0.29) is 11.9 Å². The molecule has 0 unspecified atom stereocenters. The first-order chi connectivity index (χ1) is 16.5. The van der Waals surface area contributed by atoms with Crippen LogP contribution in [-0.2, 0) is 14.3 Å². The lowest BCUT2D eigenvalue weighted by molar-refractivity contribution is -0.152. The van der Waals surface area contributed by atoms with E-state index >= 15 is 0 Å². The summed E-state index contributed by atoms with van der Waals surface area (Å²) in [4.78, 5) is 35.5. The van der Waals surface area contributed by atoms with Crippen LogP contribution in [-0.4, -0.2) is 41.5 Å². The van der Waals surface area contributed by atoms with Crippen LogP contribution in [0, 0.1) is 12.8 Å². The number of amides is 1. The zero-order chi connectivity index (χ0) is 23.9. The van der Waals surface area contributed by atoms with Gasteiger partial charge in [-0.05, 0) is 56.2 Å². The third-order valence-electron chi connectivity index (χ3n) is 5.47. The van der Waals surface area contributed by atoms with E-state index in [4.69, 9.17) is 21.1 Å². The lowest BCUT2D eigenvalue weighted by atomic mass is 9.97. The number of aromatic nitrogens is 2. The first-order valence-corrected chi connectivity index (χ1v) is 11.4. The number of carbonyl (C=O) groups is 2. The predicted octanol–water partition coefficient (Wildman–Crippen LogP) is 4.63. The highest BCUT2D eigenvalue weighted by molar-refractivity contribution is 6.31. The molecule has 3 aromatic rings. The summed E-state index contributed by atoms with van der Waals surface area (Å²) in [6.45, 7) is 2.90. The zero-order valence-corrected chi connectivity index (χ0v) is 19.5. The van der Waals surface area contributed by atoms with Crippen molar-refractivity contribution in [2.75, 3.05) is 29.9 Å². The van der Waals surface area contributed by atoms with E-state index in [1.165, 1.54) is 0 Å². The van der Waals surface area contributed by atoms with E-state index in [1.807, 2.05) is 36.1 Å². The van der Waals surface area contributed by atoms with E-state index in [9.17, 15) is 9.59 Å². The second-order valence-corrected chi connectivity index (χ2v) is 8.46. The monoisotopic (exact) mass is 480 g/mol.